The Kier molecular flexibility index (Phi) is 3.79. The van der Waals surface area contributed by atoms with Crippen molar-refractivity contribution in [1.82, 2.24) is 9.97 Å². The van der Waals surface area contributed by atoms with Gasteiger partial charge in [-0.2, -0.15) is 0 Å². The maximum absolute atomic E-state index is 4.75. The normalized spacial score (nSPS) is 10.4. The SMILES string of the molecule is CSc1cc(-c2ccccc2)nc(-c2ccccn2)c1. The molecule has 1 aromatic carbocycles. The molecule has 3 aromatic rings. The van der Waals surface area contributed by atoms with Crippen LogP contribution in [-0.2, 0) is 0 Å². The van der Waals surface area contributed by atoms with Gasteiger partial charge in [-0.25, -0.2) is 4.98 Å². The molecule has 0 amide bonds. The molecule has 0 fully saturated rings. The topological polar surface area (TPSA) is 25.8 Å². The van der Waals surface area contributed by atoms with Crippen molar-refractivity contribution in [3.63, 3.8) is 0 Å². The molecule has 0 N–H and O–H groups in total. The summed E-state index contributed by atoms with van der Waals surface area (Å²) in [6.07, 6.45) is 3.87. The van der Waals surface area contributed by atoms with Gasteiger partial charge in [0.15, 0.2) is 0 Å². The molecular formula is C17H14N2S. The van der Waals surface area contributed by atoms with Crippen molar-refractivity contribution >= 4 is 11.8 Å². The van der Waals surface area contributed by atoms with Crippen molar-refractivity contribution in [3.8, 4) is 22.6 Å². The quantitative estimate of drug-likeness (QED) is 0.658. The molecule has 0 saturated heterocycles. The van der Waals surface area contributed by atoms with Crippen LogP contribution in [0.2, 0.25) is 0 Å². The van der Waals surface area contributed by atoms with E-state index in [0.29, 0.717) is 0 Å². The first-order valence-corrected chi connectivity index (χ1v) is 7.62. The molecule has 0 atom stereocenters. The van der Waals surface area contributed by atoms with E-state index in [2.05, 4.69) is 35.5 Å². The van der Waals surface area contributed by atoms with Crippen LogP contribution in [0.4, 0.5) is 0 Å². The summed E-state index contributed by atoms with van der Waals surface area (Å²) in [5, 5.41) is 0. The third kappa shape index (κ3) is 2.73. The largest absolute Gasteiger partial charge is 0.255 e. The van der Waals surface area contributed by atoms with Crippen molar-refractivity contribution in [2.45, 2.75) is 4.90 Å². The Morgan fingerprint density at radius 3 is 2.25 bits per heavy atom. The Hall–Kier alpha value is -2.13. The number of aromatic nitrogens is 2. The molecule has 0 spiro atoms. The van der Waals surface area contributed by atoms with Crippen LogP contribution in [-0.4, -0.2) is 16.2 Å². The minimum absolute atomic E-state index is 0.903. The zero-order valence-corrected chi connectivity index (χ0v) is 12.0. The van der Waals surface area contributed by atoms with Crippen molar-refractivity contribution in [2.75, 3.05) is 6.26 Å². The minimum Gasteiger partial charge on any atom is -0.255 e. The van der Waals surface area contributed by atoms with E-state index in [1.165, 1.54) is 4.90 Å². The molecular weight excluding hydrogens is 264 g/mol. The van der Waals surface area contributed by atoms with E-state index in [0.717, 1.165) is 22.6 Å². The van der Waals surface area contributed by atoms with Crippen LogP contribution in [0.15, 0.2) is 71.8 Å². The van der Waals surface area contributed by atoms with Gasteiger partial charge in [0.25, 0.3) is 0 Å². The summed E-state index contributed by atoms with van der Waals surface area (Å²) < 4.78 is 0. The second-order valence-corrected chi connectivity index (χ2v) is 5.24. The highest BCUT2D eigenvalue weighted by molar-refractivity contribution is 7.98. The van der Waals surface area contributed by atoms with Gasteiger partial charge in [-0.15, -0.1) is 11.8 Å². The third-order valence-electron chi connectivity index (χ3n) is 3.03. The second-order valence-electron chi connectivity index (χ2n) is 4.36. The molecule has 0 saturated carbocycles. The zero-order chi connectivity index (χ0) is 13.8. The van der Waals surface area contributed by atoms with Gasteiger partial charge >= 0.3 is 0 Å². The predicted molar refractivity (Wildman–Crippen MR) is 84.7 cm³/mol. The highest BCUT2D eigenvalue weighted by Gasteiger charge is 2.07. The fourth-order valence-corrected chi connectivity index (χ4v) is 2.48. The number of hydrogen-bond acceptors (Lipinski definition) is 3. The lowest BCUT2D eigenvalue weighted by Gasteiger charge is -2.07. The Labute approximate surface area is 122 Å². The highest BCUT2D eigenvalue weighted by atomic mass is 32.2. The Morgan fingerprint density at radius 2 is 1.55 bits per heavy atom. The van der Waals surface area contributed by atoms with Crippen molar-refractivity contribution in [1.29, 1.82) is 0 Å². The molecule has 3 rings (SSSR count). The molecule has 2 heterocycles. The lowest BCUT2D eigenvalue weighted by Crippen LogP contribution is -1.91. The summed E-state index contributed by atoms with van der Waals surface area (Å²) in [6, 6.07) is 20.3. The average Bonchev–Trinajstić information content (AvgIpc) is 2.56. The Balaban J connectivity index is 2.13. The van der Waals surface area contributed by atoms with Crippen molar-refractivity contribution < 1.29 is 0 Å². The van der Waals surface area contributed by atoms with Crippen LogP contribution in [0, 0.1) is 0 Å². The van der Waals surface area contributed by atoms with E-state index in [9.17, 15) is 0 Å². The van der Waals surface area contributed by atoms with E-state index in [1.54, 1.807) is 18.0 Å². The van der Waals surface area contributed by atoms with Gasteiger partial charge in [0.1, 0.15) is 0 Å². The molecule has 98 valence electrons. The van der Waals surface area contributed by atoms with E-state index >= 15 is 0 Å². The number of pyridine rings is 2. The molecule has 0 unspecified atom stereocenters. The summed E-state index contributed by atoms with van der Waals surface area (Å²) in [6.45, 7) is 0. The smallest absolute Gasteiger partial charge is 0.0904 e. The van der Waals surface area contributed by atoms with Gasteiger partial charge in [0.05, 0.1) is 17.1 Å². The molecule has 0 aliphatic heterocycles. The number of hydrogen-bond donors (Lipinski definition) is 0. The van der Waals surface area contributed by atoms with Crippen LogP contribution >= 0.6 is 11.8 Å². The van der Waals surface area contributed by atoms with Gasteiger partial charge in [-0.1, -0.05) is 36.4 Å². The maximum atomic E-state index is 4.75. The van der Waals surface area contributed by atoms with Crippen LogP contribution in [0.3, 0.4) is 0 Å². The first-order valence-electron chi connectivity index (χ1n) is 6.40. The van der Waals surface area contributed by atoms with Crippen LogP contribution in [0.25, 0.3) is 22.6 Å². The molecule has 20 heavy (non-hydrogen) atoms. The summed E-state index contributed by atoms with van der Waals surface area (Å²) in [4.78, 5) is 10.3. The number of thioether (sulfide) groups is 1. The van der Waals surface area contributed by atoms with E-state index in [4.69, 9.17) is 4.98 Å². The molecule has 2 aromatic heterocycles. The Bertz CT molecular complexity index is 639. The molecule has 0 aliphatic carbocycles. The summed E-state index contributed by atoms with van der Waals surface area (Å²) in [5.74, 6) is 0. The van der Waals surface area contributed by atoms with Gasteiger partial charge in [0.2, 0.25) is 0 Å². The average molecular weight is 278 g/mol. The fourth-order valence-electron chi connectivity index (χ4n) is 2.03. The molecule has 0 aliphatic rings. The summed E-state index contributed by atoms with van der Waals surface area (Å²) >= 11 is 1.72. The zero-order valence-electron chi connectivity index (χ0n) is 11.2. The molecule has 3 heteroatoms. The van der Waals surface area contributed by atoms with Gasteiger partial charge in [-0.05, 0) is 30.5 Å². The maximum Gasteiger partial charge on any atom is 0.0904 e. The first-order chi connectivity index (χ1) is 9.86. The van der Waals surface area contributed by atoms with E-state index in [1.807, 2.05) is 36.4 Å². The van der Waals surface area contributed by atoms with E-state index in [-0.39, 0.29) is 0 Å². The Morgan fingerprint density at radius 1 is 0.800 bits per heavy atom. The lowest BCUT2D eigenvalue weighted by molar-refractivity contribution is 1.22. The summed E-state index contributed by atoms with van der Waals surface area (Å²) in [7, 11) is 0. The van der Waals surface area contributed by atoms with Gasteiger partial charge in [0, 0.05) is 16.7 Å². The third-order valence-corrected chi connectivity index (χ3v) is 3.74. The van der Waals surface area contributed by atoms with Crippen LogP contribution in [0.1, 0.15) is 0 Å². The molecule has 2 nitrogen and oxygen atoms in total. The summed E-state index contributed by atoms with van der Waals surface area (Å²) in [5.41, 5.74) is 3.93. The first kappa shape index (κ1) is 12.9. The molecule has 0 bridgehead atoms. The predicted octanol–water partition coefficient (Wildman–Crippen LogP) is 4.53. The number of benzene rings is 1. The highest BCUT2D eigenvalue weighted by Crippen LogP contribution is 2.27. The minimum atomic E-state index is 0.903. The van der Waals surface area contributed by atoms with Gasteiger partial charge in [-0.3, -0.25) is 4.98 Å². The lowest BCUT2D eigenvalue weighted by atomic mass is 10.1. The fraction of sp³-hybridized carbons (Fsp3) is 0.0588. The monoisotopic (exact) mass is 278 g/mol. The van der Waals surface area contributed by atoms with Crippen molar-refractivity contribution in [3.05, 3.63) is 66.9 Å². The molecule has 0 radical (unpaired) electrons. The van der Waals surface area contributed by atoms with Crippen molar-refractivity contribution in [2.24, 2.45) is 0 Å². The van der Waals surface area contributed by atoms with Crippen LogP contribution < -0.4 is 0 Å². The van der Waals surface area contributed by atoms with Crippen LogP contribution in [0.5, 0.6) is 0 Å². The standard InChI is InChI=1S/C17H14N2S/c1-20-14-11-16(13-7-3-2-4-8-13)19-17(12-14)15-9-5-6-10-18-15/h2-12H,1H3. The van der Waals surface area contributed by atoms with E-state index < -0.39 is 0 Å². The van der Waals surface area contributed by atoms with Gasteiger partial charge < -0.3 is 0 Å². The second kappa shape index (κ2) is 5.88. The number of rotatable bonds is 3. The number of nitrogens with zero attached hydrogens (tertiary/aromatic N) is 2.